The molecule has 0 spiro atoms. The Morgan fingerprint density at radius 2 is 2.31 bits per heavy atom. The van der Waals surface area contributed by atoms with Crippen molar-refractivity contribution in [3.63, 3.8) is 0 Å². The lowest BCUT2D eigenvalue weighted by molar-refractivity contribution is 0.344. The molecule has 13 heavy (non-hydrogen) atoms. The van der Waals surface area contributed by atoms with Gasteiger partial charge in [-0.1, -0.05) is 13.0 Å². The summed E-state index contributed by atoms with van der Waals surface area (Å²) in [5.41, 5.74) is 0. The van der Waals surface area contributed by atoms with Crippen LogP contribution in [0.3, 0.4) is 0 Å². The van der Waals surface area contributed by atoms with Gasteiger partial charge in [0.15, 0.2) is 0 Å². The molecule has 0 N–H and O–H groups in total. The first kappa shape index (κ1) is 11.2. The highest BCUT2D eigenvalue weighted by molar-refractivity contribution is 14.1. The number of hydrogen-bond acceptors (Lipinski definition) is 2. The fourth-order valence-electron chi connectivity index (χ4n) is 0.920. The molecule has 0 heterocycles. The lowest BCUT2D eigenvalue weighted by Crippen LogP contribution is -2.00. The number of ether oxygens (including phenoxy) is 1. The molecule has 1 nitrogen and oxygen atoms in total. The van der Waals surface area contributed by atoms with Crippen LogP contribution in [-0.2, 0) is 0 Å². The minimum Gasteiger partial charge on any atom is -0.493 e. The number of benzene rings is 1. The third-order valence-electron chi connectivity index (χ3n) is 1.50. The van der Waals surface area contributed by atoms with Gasteiger partial charge in [-0.3, -0.25) is 0 Å². The van der Waals surface area contributed by atoms with Gasteiger partial charge in [-0.05, 0) is 46.5 Å². The SMILES string of the molecule is CCSCCOc1cccc(I)c1. The largest absolute Gasteiger partial charge is 0.493 e. The van der Waals surface area contributed by atoms with Crippen LogP contribution in [0.4, 0.5) is 0 Å². The molecule has 0 saturated heterocycles. The maximum absolute atomic E-state index is 5.56. The molecule has 3 heteroatoms. The molecule has 0 radical (unpaired) electrons. The Morgan fingerprint density at radius 1 is 1.46 bits per heavy atom. The molecule has 0 aliphatic heterocycles. The Kier molecular flexibility index (Phi) is 5.62. The third-order valence-corrected chi connectivity index (χ3v) is 3.03. The van der Waals surface area contributed by atoms with E-state index in [1.165, 1.54) is 3.57 Å². The van der Waals surface area contributed by atoms with Crippen LogP contribution in [0.5, 0.6) is 5.75 Å². The number of hydrogen-bond donors (Lipinski definition) is 0. The highest BCUT2D eigenvalue weighted by atomic mass is 127. The van der Waals surface area contributed by atoms with Crippen molar-refractivity contribution < 1.29 is 4.74 Å². The molecule has 1 rings (SSSR count). The van der Waals surface area contributed by atoms with E-state index in [0.29, 0.717) is 0 Å². The van der Waals surface area contributed by atoms with Crippen LogP contribution in [-0.4, -0.2) is 18.1 Å². The highest BCUT2D eigenvalue weighted by Crippen LogP contribution is 2.14. The van der Waals surface area contributed by atoms with Gasteiger partial charge in [0.25, 0.3) is 0 Å². The molecule has 1 aromatic carbocycles. The van der Waals surface area contributed by atoms with Crippen molar-refractivity contribution >= 4 is 34.4 Å². The van der Waals surface area contributed by atoms with E-state index in [2.05, 4.69) is 41.6 Å². The van der Waals surface area contributed by atoms with Crippen molar-refractivity contribution in [1.82, 2.24) is 0 Å². The van der Waals surface area contributed by atoms with E-state index in [9.17, 15) is 0 Å². The second-order valence-corrected chi connectivity index (χ2v) is 5.14. The number of thioether (sulfide) groups is 1. The second kappa shape index (κ2) is 6.54. The van der Waals surface area contributed by atoms with Crippen LogP contribution in [0.25, 0.3) is 0 Å². The molecule has 0 amide bonds. The van der Waals surface area contributed by atoms with Gasteiger partial charge in [0, 0.05) is 9.32 Å². The summed E-state index contributed by atoms with van der Waals surface area (Å²) in [5, 5.41) is 0. The first-order valence-electron chi connectivity index (χ1n) is 4.29. The maximum Gasteiger partial charge on any atom is 0.120 e. The first-order valence-corrected chi connectivity index (χ1v) is 6.52. The van der Waals surface area contributed by atoms with Crippen molar-refractivity contribution in [1.29, 1.82) is 0 Å². The van der Waals surface area contributed by atoms with Gasteiger partial charge >= 0.3 is 0 Å². The fraction of sp³-hybridized carbons (Fsp3) is 0.400. The summed E-state index contributed by atoms with van der Waals surface area (Å²) in [6.45, 7) is 2.97. The zero-order valence-electron chi connectivity index (χ0n) is 7.63. The van der Waals surface area contributed by atoms with E-state index in [4.69, 9.17) is 4.74 Å². The van der Waals surface area contributed by atoms with Crippen molar-refractivity contribution in [3.05, 3.63) is 27.8 Å². The van der Waals surface area contributed by atoms with Gasteiger partial charge in [-0.2, -0.15) is 11.8 Å². The predicted octanol–water partition coefficient (Wildman–Crippen LogP) is 3.42. The lowest BCUT2D eigenvalue weighted by atomic mass is 10.3. The molecule has 0 fully saturated rings. The molecule has 1 aromatic rings. The highest BCUT2D eigenvalue weighted by Gasteiger charge is 1.93. The minimum absolute atomic E-state index is 0.804. The Morgan fingerprint density at radius 3 is 3.00 bits per heavy atom. The van der Waals surface area contributed by atoms with Gasteiger partial charge in [-0.25, -0.2) is 0 Å². The average molecular weight is 308 g/mol. The van der Waals surface area contributed by atoms with E-state index < -0.39 is 0 Å². The van der Waals surface area contributed by atoms with Gasteiger partial charge in [0.2, 0.25) is 0 Å². The van der Waals surface area contributed by atoms with Gasteiger partial charge in [-0.15, -0.1) is 0 Å². The van der Waals surface area contributed by atoms with Gasteiger partial charge in [0.1, 0.15) is 5.75 Å². The average Bonchev–Trinajstić information content (AvgIpc) is 2.13. The molecule has 0 aromatic heterocycles. The van der Waals surface area contributed by atoms with Crippen molar-refractivity contribution in [2.24, 2.45) is 0 Å². The predicted molar refractivity (Wildman–Crippen MR) is 67.7 cm³/mol. The standard InChI is InChI=1S/C10H13IOS/c1-2-13-7-6-12-10-5-3-4-9(11)8-10/h3-5,8H,2,6-7H2,1H3. The zero-order valence-corrected chi connectivity index (χ0v) is 10.6. The van der Waals surface area contributed by atoms with E-state index in [0.717, 1.165) is 23.9 Å². The topological polar surface area (TPSA) is 9.23 Å². The van der Waals surface area contributed by atoms with E-state index in [1.54, 1.807) is 0 Å². The molecule has 72 valence electrons. The van der Waals surface area contributed by atoms with Crippen LogP contribution in [0.2, 0.25) is 0 Å². The summed E-state index contributed by atoms with van der Waals surface area (Å²) >= 11 is 4.19. The quantitative estimate of drug-likeness (QED) is 0.609. The van der Waals surface area contributed by atoms with Gasteiger partial charge in [0.05, 0.1) is 6.61 Å². The molecule has 0 saturated carbocycles. The number of rotatable bonds is 5. The minimum atomic E-state index is 0.804. The van der Waals surface area contributed by atoms with E-state index in [-0.39, 0.29) is 0 Å². The normalized spacial score (nSPS) is 10.0. The summed E-state index contributed by atoms with van der Waals surface area (Å²) in [7, 11) is 0. The maximum atomic E-state index is 5.56. The molecular weight excluding hydrogens is 295 g/mol. The first-order chi connectivity index (χ1) is 6.33. The molecular formula is C10H13IOS. The summed E-state index contributed by atoms with van der Waals surface area (Å²) < 4.78 is 6.78. The molecule has 0 aliphatic rings. The Labute approximate surface area is 97.4 Å². The smallest absolute Gasteiger partial charge is 0.120 e. The molecule has 0 bridgehead atoms. The second-order valence-electron chi connectivity index (χ2n) is 2.50. The Bertz CT molecular complexity index is 252. The lowest BCUT2D eigenvalue weighted by Gasteiger charge is -2.05. The molecule has 0 unspecified atom stereocenters. The van der Waals surface area contributed by atoms with E-state index in [1.807, 2.05) is 23.9 Å². The monoisotopic (exact) mass is 308 g/mol. The fourth-order valence-corrected chi connectivity index (χ4v) is 1.92. The van der Waals surface area contributed by atoms with Crippen molar-refractivity contribution in [2.75, 3.05) is 18.1 Å². The zero-order chi connectivity index (χ0) is 9.52. The van der Waals surface area contributed by atoms with Crippen LogP contribution >= 0.6 is 34.4 Å². The molecule has 0 atom stereocenters. The summed E-state index contributed by atoms with van der Waals surface area (Å²) in [4.78, 5) is 0. The number of halogens is 1. The van der Waals surface area contributed by atoms with Crippen molar-refractivity contribution in [3.8, 4) is 5.75 Å². The van der Waals surface area contributed by atoms with Crippen LogP contribution in [0.15, 0.2) is 24.3 Å². The van der Waals surface area contributed by atoms with E-state index >= 15 is 0 Å². The summed E-state index contributed by atoms with van der Waals surface area (Å²) in [5.74, 6) is 3.21. The Hall–Kier alpha value is 0.100. The van der Waals surface area contributed by atoms with Crippen LogP contribution in [0, 0.1) is 3.57 Å². The van der Waals surface area contributed by atoms with Crippen molar-refractivity contribution in [2.45, 2.75) is 6.92 Å². The molecule has 0 aliphatic carbocycles. The third kappa shape index (κ3) is 4.76. The van der Waals surface area contributed by atoms with Crippen LogP contribution < -0.4 is 4.74 Å². The summed E-state index contributed by atoms with van der Waals surface area (Å²) in [6.07, 6.45) is 0. The Balaban J connectivity index is 2.28. The summed E-state index contributed by atoms with van der Waals surface area (Å²) in [6, 6.07) is 8.13. The van der Waals surface area contributed by atoms with Crippen LogP contribution in [0.1, 0.15) is 6.92 Å². The van der Waals surface area contributed by atoms with Gasteiger partial charge < -0.3 is 4.74 Å².